The van der Waals surface area contributed by atoms with Gasteiger partial charge >= 0.3 is 0 Å². The highest BCUT2D eigenvalue weighted by atomic mass is 32.2. The van der Waals surface area contributed by atoms with Gasteiger partial charge in [-0.2, -0.15) is 0 Å². The van der Waals surface area contributed by atoms with Crippen molar-refractivity contribution in [1.29, 1.82) is 0 Å². The average molecular weight is 301 g/mol. The van der Waals surface area contributed by atoms with E-state index in [0.29, 0.717) is 0 Å². The van der Waals surface area contributed by atoms with Gasteiger partial charge in [0.1, 0.15) is 5.75 Å². The summed E-state index contributed by atoms with van der Waals surface area (Å²) in [6.45, 7) is 1.51. The van der Waals surface area contributed by atoms with Crippen molar-refractivity contribution in [3.63, 3.8) is 0 Å². The van der Waals surface area contributed by atoms with Crippen molar-refractivity contribution in [3.05, 3.63) is 54.1 Å². The zero-order chi connectivity index (χ0) is 15.1. The first kappa shape index (κ1) is 15.4. The van der Waals surface area contributed by atoms with Gasteiger partial charge in [0.2, 0.25) is 5.91 Å². The Morgan fingerprint density at radius 3 is 2.33 bits per heavy atom. The molecule has 0 fully saturated rings. The Kier molecular flexibility index (Phi) is 5.69. The molecule has 2 aromatic carbocycles. The Bertz CT molecular complexity index is 579. The molecule has 0 aliphatic rings. The van der Waals surface area contributed by atoms with Crippen molar-refractivity contribution < 1.29 is 9.53 Å². The van der Waals surface area contributed by atoms with Crippen LogP contribution in [0.4, 0.5) is 5.69 Å². The molecule has 0 aromatic heterocycles. The molecule has 1 N–H and O–H groups in total. The van der Waals surface area contributed by atoms with Crippen molar-refractivity contribution in [2.24, 2.45) is 0 Å². The third kappa shape index (κ3) is 5.16. The normalized spacial score (nSPS) is 10.2. The number of amides is 1. The van der Waals surface area contributed by atoms with E-state index < -0.39 is 0 Å². The number of hydrogen-bond acceptors (Lipinski definition) is 3. The molecule has 0 atom stereocenters. The summed E-state index contributed by atoms with van der Waals surface area (Å²) in [6, 6.07) is 16.1. The standard InChI is InChI=1S/C17H19NO2S/c1-13(19)18-15-5-9-17(10-6-15)21-12-11-14-3-7-16(20-2)8-4-14/h3-10H,11-12H2,1-2H3,(H,18,19). The molecule has 0 heterocycles. The first-order valence-electron chi connectivity index (χ1n) is 6.81. The Labute approximate surface area is 129 Å². The number of ether oxygens (including phenoxy) is 1. The van der Waals surface area contributed by atoms with Crippen LogP contribution in [0, 0.1) is 0 Å². The van der Waals surface area contributed by atoms with Gasteiger partial charge in [-0.15, -0.1) is 11.8 Å². The van der Waals surface area contributed by atoms with Crippen LogP contribution in [-0.2, 0) is 11.2 Å². The number of methoxy groups -OCH3 is 1. The van der Waals surface area contributed by atoms with Crippen molar-refractivity contribution in [3.8, 4) is 5.75 Å². The van der Waals surface area contributed by atoms with E-state index in [1.54, 1.807) is 7.11 Å². The van der Waals surface area contributed by atoms with Crippen LogP contribution in [0.2, 0.25) is 0 Å². The smallest absolute Gasteiger partial charge is 0.221 e. The van der Waals surface area contributed by atoms with Crippen molar-refractivity contribution in [2.75, 3.05) is 18.2 Å². The zero-order valence-electron chi connectivity index (χ0n) is 12.3. The maximum Gasteiger partial charge on any atom is 0.221 e. The van der Waals surface area contributed by atoms with Crippen LogP contribution >= 0.6 is 11.8 Å². The number of rotatable bonds is 6. The molecule has 2 rings (SSSR count). The topological polar surface area (TPSA) is 38.3 Å². The molecule has 0 aliphatic carbocycles. The summed E-state index contributed by atoms with van der Waals surface area (Å²) in [5.41, 5.74) is 2.14. The summed E-state index contributed by atoms with van der Waals surface area (Å²) in [5.74, 6) is 1.86. The lowest BCUT2D eigenvalue weighted by molar-refractivity contribution is -0.114. The van der Waals surface area contributed by atoms with Gasteiger partial charge in [0, 0.05) is 23.3 Å². The molecule has 0 unspecified atom stereocenters. The molecule has 0 bridgehead atoms. The van der Waals surface area contributed by atoms with Gasteiger partial charge in [-0.25, -0.2) is 0 Å². The zero-order valence-corrected chi connectivity index (χ0v) is 13.1. The highest BCUT2D eigenvalue weighted by molar-refractivity contribution is 7.99. The van der Waals surface area contributed by atoms with Gasteiger partial charge in [-0.3, -0.25) is 4.79 Å². The summed E-state index contributed by atoms with van der Waals surface area (Å²) in [6.07, 6.45) is 1.02. The van der Waals surface area contributed by atoms with Gasteiger partial charge in [0.25, 0.3) is 0 Å². The summed E-state index contributed by atoms with van der Waals surface area (Å²) in [5, 5.41) is 2.76. The minimum absolute atomic E-state index is 0.0464. The van der Waals surface area contributed by atoms with Crippen molar-refractivity contribution >= 4 is 23.4 Å². The van der Waals surface area contributed by atoms with E-state index >= 15 is 0 Å². The van der Waals surface area contributed by atoms with Crippen LogP contribution in [0.5, 0.6) is 5.75 Å². The van der Waals surface area contributed by atoms with Gasteiger partial charge < -0.3 is 10.1 Å². The van der Waals surface area contributed by atoms with Crippen LogP contribution in [0.15, 0.2) is 53.4 Å². The number of thioether (sulfide) groups is 1. The van der Waals surface area contributed by atoms with Crippen molar-refractivity contribution in [1.82, 2.24) is 0 Å². The molecule has 0 saturated carbocycles. The fraction of sp³-hybridized carbons (Fsp3) is 0.235. The SMILES string of the molecule is COc1ccc(CCSc2ccc(NC(C)=O)cc2)cc1. The summed E-state index contributed by atoms with van der Waals surface area (Å²) >= 11 is 1.81. The van der Waals surface area contributed by atoms with E-state index in [-0.39, 0.29) is 5.91 Å². The minimum Gasteiger partial charge on any atom is -0.497 e. The van der Waals surface area contributed by atoms with Gasteiger partial charge in [0.05, 0.1) is 7.11 Å². The predicted molar refractivity (Wildman–Crippen MR) is 88.2 cm³/mol. The highest BCUT2D eigenvalue weighted by Crippen LogP contribution is 2.22. The predicted octanol–water partition coefficient (Wildman–Crippen LogP) is 3.99. The molecule has 110 valence electrons. The fourth-order valence-corrected chi connectivity index (χ4v) is 2.82. The third-order valence-corrected chi connectivity index (χ3v) is 4.01. The molecule has 0 saturated heterocycles. The fourth-order valence-electron chi connectivity index (χ4n) is 1.92. The van der Waals surface area contributed by atoms with Crippen LogP contribution in [0.1, 0.15) is 12.5 Å². The summed E-state index contributed by atoms with van der Waals surface area (Å²) < 4.78 is 5.15. The number of aryl methyl sites for hydroxylation is 1. The number of hydrogen-bond donors (Lipinski definition) is 1. The van der Waals surface area contributed by atoms with E-state index in [0.717, 1.165) is 23.6 Å². The monoisotopic (exact) mass is 301 g/mol. The first-order chi connectivity index (χ1) is 10.2. The Morgan fingerprint density at radius 1 is 1.10 bits per heavy atom. The summed E-state index contributed by atoms with van der Waals surface area (Å²) in [4.78, 5) is 12.2. The number of carbonyl (C=O) groups is 1. The lowest BCUT2D eigenvalue weighted by atomic mass is 10.2. The second kappa shape index (κ2) is 7.74. The third-order valence-electron chi connectivity index (χ3n) is 2.99. The maximum absolute atomic E-state index is 10.9. The van der Waals surface area contributed by atoms with Crippen LogP contribution < -0.4 is 10.1 Å². The molecular weight excluding hydrogens is 282 g/mol. The van der Waals surface area contributed by atoms with E-state index in [2.05, 4.69) is 17.4 Å². The van der Waals surface area contributed by atoms with Crippen LogP contribution in [-0.4, -0.2) is 18.8 Å². The lowest BCUT2D eigenvalue weighted by Gasteiger charge is -2.05. The van der Waals surface area contributed by atoms with Gasteiger partial charge in [-0.1, -0.05) is 12.1 Å². The average Bonchev–Trinajstić information content (AvgIpc) is 2.49. The first-order valence-corrected chi connectivity index (χ1v) is 7.79. The second-order valence-electron chi connectivity index (χ2n) is 4.65. The molecule has 0 aliphatic heterocycles. The van der Waals surface area contributed by atoms with Gasteiger partial charge in [0.15, 0.2) is 0 Å². The quantitative estimate of drug-likeness (QED) is 0.820. The Balaban J connectivity index is 1.81. The largest absolute Gasteiger partial charge is 0.497 e. The molecule has 3 nitrogen and oxygen atoms in total. The summed E-state index contributed by atoms with van der Waals surface area (Å²) in [7, 11) is 1.68. The number of benzene rings is 2. The molecule has 2 aromatic rings. The number of carbonyl (C=O) groups excluding carboxylic acids is 1. The van der Waals surface area contributed by atoms with E-state index in [1.807, 2.05) is 48.2 Å². The Hall–Kier alpha value is -1.94. The lowest BCUT2D eigenvalue weighted by Crippen LogP contribution is -2.05. The molecule has 4 heteroatoms. The maximum atomic E-state index is 10.9. The van der Waals surface area contributed by atoms with E-state index in [1.165, 1.54) is 17.4 Å². The molecule has 0 spiro atoms. The Morgan fingerprint density at radius 2 is 1.76 bits per heavy atom. The highest BCUT2D eigenvalue weighted by Gasteiger charge is 1.99. The molecule has 21 heavy (non-hydrogen) atoms. The van der Waals surface area contributed by atoms with Crippen LogP contribution in [0.3, 0.4) is 0 Å². The minimum atomic E-state index is -0.0464. The molecule has 0 radical (unpaired) electrons. The van der Waals surface area contributed by atoms with Crippen LogP contribution in [0.25, 0.3) is 0 Å². The van der Waals surface area contributed by atoms with E-state index in [4.69, 9.17) is 4.74 Å². The van der Waals surface area contributed by atoms with Gasteiger partial charge in [-0.05, 0) is 48.4 Å². The molecular formula is C17H19NO2S. The van der Waals surface area contributed by atoms with E-state index in [9.17, 15) is 4.79 Å². The van der Waals surface area contributed by atoms with Crippen molar-refractivity contribution in [2.45, 2.75) is 18.2 Å². The molecule has 1 amide bonds. The number of nitrogens with one attached hydrogen (secondary N) is 1. The number of anilines is 1. The second-order valence-corrected chi connectivity index (χ2v) is 5.82.